The van der Waals surface area contributed by atoms with Crippen LogP contribution in [0.2, 0.25) is 0 Å². The van der Waals surface area contributed by atoms with Crippen LogP contribution < -0.4 is 10.6 Å². The van der Waals surface area contributed by atoms with Crippen molar-refractivity contribution < 1.29 is 0 Å². The number of benzene rings is 2. The van der Waals surface area contributed by atoms with E-state index in [2.05, 4.69) is 70.1 Å². The molecule has 0 aliphatic carbocycles. The van der Waals surface area contributed by atoms with Crippen LogP contribution in [0.5, 0.6) is 0 Å². The van der Waals surface area contributed by atoms with E-state index in [1.54, 1.807) is 18.4 Å². The SMILES string of the molecule is CN=C(NCCc1c[nH]c2ccccc12)NCc1sc(-c2ccccc2)nc1C.I. The number of aryl methyl sites for hydroxylation is 1. The van der Waals surface area contributed by atoms with Gasteiger partial charge in [-0.05, 0) is 25.0 Å². The van der Waals surface area contributed by atoms with E-state index in [-0.39, 0.29) is 24.0 Å². The molecule has 0 aliphatic rings. The third-order valence-corrected chi connectivity index (χ3v) is 6.12. The molecule has 30 heavy (non-hydrogen) atoms. The first-order chi connectivity index (χ1) is 14.2. The molecule has 2 aromatic carbocycles. The predicted molar refractivity (Wildman–Crippen MR) is 138 cm³/mol. The minimum atomic E-state index is 0. The molecule has 5 nitrogen and oxygen atoms in total. The summed E-state index contributed by atoms with van der Waals surface area (Å²) < 4.78 is 0. The topological polar surface area (TPSA) is 65.1 Å². The molecule has 7 heteroatoms. The van der Waals surface area contributed by atoms with Gasteiger partial charge in [0, 0.05) is 41.1 Å². The van der Waals surface area contributed by atoms with Crippen LogP contribution in [-0.4, -0.2) is 29.5 Å². The monoisotopic (exact) mass is 531 g/mol. The number of aromatic nitrogens is 2. The van der Waals surface area contributed by atoms with Crippen LogP contribution in [0.3, 0.4) is 0 Å². The summed E-state index contributed by atoms with van der Waals surface area (Å²) in [5, 5.41) is 9.16. The number of nitrogens with zero attached hydrogens (tertiary/aromatic N) is 2. The van der Waals surface area contributed by atoms with Gasteiger partial charge in [0.25, 0.3) is 0 Å². The fraction of sp³-hybridized carbons (Fsp3) is 0.217. The van der Waals surface area contributed by atoms with Gasteiger partial charge in [0.2, 0.25) is 0 Å². The lowest BCUT2D eigenvalue weighted by Crippen LogP contribution is -2.37. The molecule has 3 N–H and O–H groups in total. The molecule has 0 amide bonds. The van der Waals surface area contributed by atoms with E-state index in [1.807, 2.05) is 18.2 Å². The number of hydrogen-bond acceptors (Lipinski definition) is 3. The standard InChI is InChI=1S/C23H25N5S.HI/c1-16-21(29-22(28-16)17-8-4-3-5-9-17)15-27-23(24-2)25-13-12-18-14-26-20-11-7-6-10-19(18)20;/h3-11,14,26H,12-13,15H2,1-2H3,(H2,24,25,27);1H. The lowest BCUT2D eigenvalue weighted by atomic mass is 10.1. The van der Waals surface area contributed by atoms with E-state index < -0.39 is 0 Å². The third-order valence-electron chi connectivity index (χ3n) is 4.92. The lowest BCUT2D eigenvalue weighted by molar-refractivity contribution is 0.798. The zero-order chi connectivity index (χ0) is 20.1. The van der Waals surface area contributed by atoms with E-state index in [0.29, 0.717) is 6.54 Å². The highest BCUT2D eigenvalue weighted by Crippen LogP contribution is 2.27. The molecule has 0 bridgehead atoms. The second-order valence-corrected chi connectivity index (χ2v) is 7.94. The molecule has 0 spiro atoms. The molecule has 0 fully saturated rings. The van der Waals surface area contributed by atoms with Crippen molar-refractivity contribution in [1.82, 2.24) is 20.6 Å². The first-order valence-corrected chi connectivity index (χ1v) is 10.6. The molecule has 0 saturated carbocycles. The molecule has 0 atom stereocenters. The van der Waals surface area contributed by atoms with Gasteiger partial charge < -0.3 is 15.6 Å². The van der Waals surface area contributed by atoms with Crippen LogP contribution >= 0.6 is 35.3 Å². The summed E-state index contributed by atoms with van der Waals surface area (Å²) in [6, 6.07) is 18.7. The van der Waals surface area contributed by atoms with Crippen LogP contribution in [0.1, 0.15) is 16.1 Å². The maximum atomic E-state index is 4.72. The van der Waals surface area contributed by atoms with Gasteiger partial charge in [-0.2, -0.15) is 0 Å². The number of rotatable bonds is 6. The van der Waals surface area contributed by atoms with Gasteiger partial charge in [-0.1, -0.05) is 48.5 Å². The minimum Gasteiger partial charge on any atom is -0.361 e. The number of halogens is 1. The van der Waals surface area contributed by atoms with Crippen LogP contribution in [0.4, 0.5) is 0 Å². The molecule has 4 rings (SSSR count). The smallest absolute Gasteiger partial charge is 0.191 e. The average Bonchev–Trinajstić information content (AvgIpc) is 3.35. The minimum absolute atomic E-state index is 0. The number of nitrogens with one attached hydrogen (secondary N) is 3. The van der Waals surface area contributed by atoms with Crippen molar-refractivity contribution in [3.63, 3.8) is 0 Å². The van der Waals surface area contributed by atoms with Gasteiger partial charge in [0.1, 0.15) is 5.01 Å². The number of H-pyrrole nitrogens is 1. The molecule has 2 aromatic heterocycles. The second kappa shape index (κ2) is 10.6. The predicted octanol–water partition coefficient (Wildman–Crippen LogP) is 5.13. The van der Waals surface area contributed by atoms with Gasteiger partial charge >= 0.3 is 0 Å². The maximum Gasteiger partial charge on any atom is 0.191 e. The number of para-hydroxylation sites is 1. The molecule has 0 aliphatic heterocycles. The Balaban J connectivity index is 0.00000256. The van der Waals surface area contributed by atoms with Gasteiger partial charge in [-0.15, -0.1) is 35.3 Å². The number of hydrogen-bond donors (Lipinski definition) is 3. The highest BCUT2D eigenvalue weighted by Gasteiger charge is 2.10. The molecule has 0 unspecified atom stereocenters. The van der Waals surface area contributed by atoms with Gasteiger partial charge in [0.15, 0.2) is 5.96 Å². The Kier molecular flexibility index (Phi) is 7.87. The summed E-state index contributed by atoms with van der Waals surface area (Å²) in [6.45, 7) is 3.59. The van der Waals surface area contributed by atoms with Crippen molar-refractivity contribution in [2.24, 2.45) is 4.99 Å². The van der Waals surface area contributed by atoms with Crippen molar-refractivity contribution in [2.75, 3.05) is 13.6 Å². The van der Waals surface area contributed by atoms with E-state index >= 15 is 0 Å². The van der Waals surface area contributed by atoms with E-state index in [9.17, 15) is 0 Å². The summed E-state index contributed by atoms with van der Waals surface area (Å²) in [6.07, 6.45) is 3.02. The number of thiazole rings is 1. The molecule has 4 aromatic rings. The summed E-state index contributed by atoms with van der Waals surface area (Å²) in [5.74, 6) is 0.805. The third kappa shape index (κ3) is 5.20. The van der Waals surface area contributed by atoms with Crippen molar-refractivity contribution in [3.8, 4) is 10.6 Å². The Morgan fingerprint density at radius 1 is 1.07 bits per heavy atom. The number of guanidine groups is 1. The summed E-state index contributed by atoms with van der Waals surface area (Å²) in [5.41, 5.74) is 4.72. The quantitative estimate of drug-likeness (QED) is 0.184. The number of aliphatic imine (C=N–C) groups is 1. The summed E-state index contributed by atoms with van der Waals surface area (Å²) in [7, 11) is 1.80. The van der Waals surface area contributed by atoms with Crippen LogP contribution in [0, 0.1) is 6.92 Å². The van der Waals surface area contributed by atoms with Gasteiger partial charge in [-0.25, -0.2) is 4.98 Å². The average molecular weight is 531 g/mol. The molecular formula is C23H26IN5S. The Morgan fingerprint density at radius 3 is 2.63 bits per heavy atom. The van der Waals surface area contributed by atoms with Crippen LogP contribution in [-0.2, 0) is 13.0 Å². The Bertz CT molecular complexity index is 1120. The highest BCUT2D eigenvalue weighted by atomic mass is 127. The molecular weight excluding hydrogens is 505 g/mol. The van der Waals surface area contributed by atoms with Crippen molar-refractivity contribution in [3.05, 3.63) is 76.9 Å². The first-order valence-electron chi connectivity index (χ1n) is 9.76. The summed E-state index contributed by atoms with van der Waals surface area (Å²) >= 11 is 1.73. The van der Waals surface area contributed by atoms with Crippen LogP contribution in [0.25, 0.3) is 21.5 Å². The Morgan fingerprint density at radius 2 is 1.83 bits per heavy atom. The van der Waals surface area contributed by atoms with E-state index in [0.717, 1.165) is 35.2 Å². The fourth-order valence-corrected chi connectivity index (χ4v) is 4.34. The van der Waals surface area contributed by atoms with Crippen molar-refractivity contribution >= 4 is 52.2 Å². The Labute approximate surface area is 198 Å². The van der Waals surface area contributed by atoms with Crippen molar-refractivity contribution in [1.29, 1.82) is 0 Å². The van der Waals surface area contributed by atoms with Gasteiger partial charge in [0.05, 0.1) is 12.2 Å². The largest absolute Gasteiger partial charge is 0.361 e. The van der Waals surface area contributed by atoms with Gasteiger partial charge in [-0.3, -0.25) is 4.99 Å². The summed E-state index contributed by atoms with van der Waals surface area (Å²) in [4.78, 5) is 13.6. The van der Waals surface area contributed by atoms with Crippen LogP contribution in [0.15, 0.2) is 65.8 Å². The second-order valence-electron chi connectivity index (χ2n) is 6.86. The highest BCUT2D eigenvalue weighted by molar-refractivity contribution is 14.0. The maximum absolute atomic E-state index is 4.72. The molecule has 0 saturated heterocycles. The van der Waals surface area contributed by atoms with E-state index in [1.165, 1.54) is 21.3 Å². The molecule has 0 radical (unpaired) electrons. The number of fused-ring (bicyclic) bond motifs is 1. The zero-order valence-electron chi connectivity index (χ0n) is 17.1. The lowest BCUT2D eigenvalue weighted by Gasteiger charge is -2.11. The molecule has 156 valence electrons. The zero-order valence-corrected chi connectivity index (χ0v) is 20.3. The van der Waals surface area contributed by atoms with E-state index in [4.69, 9.17) is 4.98 Å². The Hall–Kier alpha value is -2.39. The first kappa shape index (κ1) is 22.3. The number of aromatic amines is 1. The fourth-order valence-electron chi connectivity index (χ4n) is 3.33. The molecule has 2 heterocycles. The normalized spacial score (nSPS) is 11.3. The van der Waals surface area contributed by atoms with Crippen molar-refractivity contribution in [2.45, 2.75) is 19.9 Å².